The Labute approximate surface area is 90.1 Å². The molecule has 86 valence electrons. The summed E-state index contributed by atoms with van der Waals surface area (Å²) in [7, 11) is 0. The summed E-state index contributed by atoms with van der Waals surface area (Å²) < 4.78 is 4.57. The van der Waals surface area contributed by atoms with Gasteiger partial charge in [0, 0.05) is 12.2 Å². The van der Waals surface area contributed by atoms with Crippen molar-refractivity contribution >= 4 is 23.6 Å². The number of carboxylic acids is 1. The van der Waals surface area contributed by atoms with E-state index < -0.39 is 23.9 Å². The number of carbonyl (C=O) groups is 4. The molecule has 7 heteroatoms. The summed E-state index contributed by atoms with van der Waals surface area (Å²) in [5.41, 5.74) is 0. The van der Waals surface area contributed by atoms with Gasteiger partial charge in [-0.2, -0.15) is 0 Å². The molecular formula is C9H9NO6. The number of ether oxygens (including phenoxy) is 1. The van der Waals surface area contributed by atoms with Crippen LogP contribution < -0.4 is 5.32 Å². The lowest BCUT2D eigenvalue weighted by molar-refractivity contribution is -0.140. The zero-order valence-electron chi connectivity index (χ0n) is 8.13. The van der Waals surface area contributed by atoms with Gasteiger partial charge in [-0.1, -0.05) is 0 Å². The summed E-state index contributed by atoms with van der Waals surface area (Å²) in [6.45, 7) is -0.284. The van der Waals surface area contributed by atoms with Crippen molar-refractivity contribution in [2.24, 2.45) is 0 Å². The molecule has 0 aromatic heterocycles. The van der Waals surface area contributed by atoms with Crippen LogP contribution in [0.4, 0.5) is 0 Å². The average molecular weight is 227 g/mol. The van der Waals surface area contributed by atoms with Crippen LogP contribution in [-0.2, 0) is 23.9 Å². The third-order valence-electron chi connectivity index (χ3n) is 1.81. The maximum atomic E-state index is 11.1. The molecule has 0 aromatic carbocycles. The number of carboxylic acid groups (broad SMARTS) is 1. The van der Waals surface area contributed by atoms with E-state index in [9.17, 15) is 19.2 Å². The summed E-state index contributed by atoms with van der Waals surface area (Å²) in [4.78, 5) is 42.8. The molecule has 16 heavy (non-hydrogen) atoms. The molecule has 0 bridgehead atoms. The number of hydrogen-bond donors (Lipinski definition) is 2. The molecule has 0 aliphatic carbocycles. The van der Waals surface area contributed by atoms with E-state index in [0.29, 0.717) is 6.08 Å². The molecule has 1 amide bonds. The lowest BCUT2D eigenvalue weighted by Gasteiger charge is -2.07. The first-order valence-electron chi connectivity index (χ1n) is 4.39. The van der Waals surface area contributed by atoms with E-state index in [1.807, 2.05) is 0 Å². The first-order chi connectivity index (χ1) is 7.49. The smallest absolute Gasteiger partial charge is 0.331 e. The molecular weight excluding hydrogens is 218 g/mol. The highest BCUT2D eigenvalue weighted by molar-refractivity contribution is 6.07. The predicted molar refractivity (Wildman–Crippen MR) is 49.3 cm³/mol. The molecule has 1 heterocycles. The van der Waals surface area contributed by atoms with Gasteiger partial charge < -0.3 is 15.2 Å². The van der Waals surface area contributed by atoms with Crippen LogP contribution >= 0.6 is 0 Å². The maximum Gasteiger partial charge on any atom is 0.331 e. The van der Waals surface area contributed by atoms with Crippen molar-refractivity contribution in [2.75, 3.05) is 6.61 Å². The molecule has 0 radical (unpaired) electrons. The minimum absolute atomic E-state index is 0.215. The van der Waals surface area contributed by atoms with Crippen molar-refractivity contribution < 1.29 is 29.0 Å². The molecule has 1 aliphatic heterocycles. The SMILES string of the molecule is O=C(O)/C=C/C(=O)OCC1NC(=O)CC1=O. The lowest BCUT2D eigenvalue weighted by atomic mass is 10.2. The second-order valence-corrected chi connectivity index (χ2v) is 3.06. The van der Waals surface area contributed by atoms with Crippen LogP contribution in [0.25, 0.3) is 0 Å². The van der Waals surface area contributed by atoms with Gasteiger partial charge in [0.25, 0.3) is 0 Å². The standard InChI is InChI=1S/C9H9NO6/c11-6-3-7(12)10-5(6)4-16-9(15)2-1-8(13)14/h1-2,5H,3-4H2,(H,10,12)(H,13,14)/b2-1+. The summed E-state index contributed by atoms with van der Waals surface area (Å²) in [5, 5.41) is 10.5. The number of esters is 1. The largest absolute Gasteiger partial charge is 0.478 e. The minimum atomic E-state index is -1.28. The number of hydrogen-bond acceptors (Lipinski definition) is 5. The average Bonchev–Trinajstić information content (AvgIpc) is 2.51. The topological polar surface area (TPSA) is 110 Å². The Morgan fingerprint density at radius 1 is 1.44 bits per heavy atom. The van der Waals surface area contributed by atoms with Crippen molar-refractivity contribution in [3.8, 4) is 0 Å². The fraction of sp³-hybridized carbons (Fsp3) is 0.333. The van der Waals surface area contributed by atoms with E-state index >= 15 is 0 Å². The van der Waals surface area contributed by atoms with Gasteiger partial charge in [-0.3, -0.25) is 9.59 Å². The van der Waals surface area contributed by atoms with Crippen LogP contribution in [0.15, 0.2) is 12.2 Å². The van der Waals surface area contributed by atoms with Crippen LogP contribution in [0, 0.1) is 0 Å². The molecule has 0 saturated carbocycles. The lowest BCUT2D eigenvalue weighted by Crippen LogP contribution is -2.34. The highest BCUT2D eigenvalue weighted by atomic mass is 16.5. The summed E-state index contributed by atoms with van der Waals surface area (Å²) in [5.74, 6) is -2.91. The van der Waals surface area contributed by atoms with Gasteiger partial charge in [-0.15, -0.1) is 0 Å². The predicted octanol–water partition coefficient (Wildman–Crippen LogP) is -1.37. The number of nitrogens with one attached hydrogen (secondary N) is 1. The molecule has 0 aromatic rings. The molecule has 1 unspecified atom stereocenters. The van der Waals surface area contributed by atoms with Crippen LogP contribution in [0.1, 0.15) is 6.42 Å². The molecule has 1 rings (SSSR count). The number of aliphatic carboxylic acids is 1. The van der Waals surface area contributed by atoms with Gasteiger partial charge in [0.2, 0.25) is 5.91 Å². The Balaban J connectivity index is 2.35. The summed E-state index contributed by atoms with van der Waals surface area (Å²) >= 11 is 0. The van der Waals surface area contributed by atoms with E-state index in [1.54, 1.807) is 0 Å². The van der Waals surface area contributed by atoms with E-state index in [2.05, 4.69) is 10.1 Å². The molecule has 1 saturated heterocycles. The highest BCUT2D eigenvalue weighted by Crippen LogP contribution is 2.02. The first kappa shape index (κ1) is 11.9. The Hall–Kier alpha value is -2.18. The Bertz CT molecular complexity index is 372. The summed E-state index contributed by atoms with van der Waals surface area (Å²) in [6, 6.07) is -0.824. The second-order valence-electron chi connectivity index (χ2n) is 3.06. The van der Waals surface area contributed by atoms with Gasteiger partial charge in [-0.05, 0) is 0 Å². The molecule has 2 N–H and O–H groups in total. The number of Topliss-reactive ketones (excluding diaryl/α,β-unsaturated/α-hetero) is 1. The van der Waals surface area contributed by atoms with E-state index in [0.717, 1.165) is 6.08 Å². The Morgan fingerprint density at radius 2 is 2.12 bits per heavy atom. The zero-order chi connectivity index (χ0) is 12.1. The van der Waals surface area contributed by atoms with Crippen LogP contribution in [0.5, 0.6) is 0 Å². The number of carbonyl (C=O) groups excluding carboxylic acids is 3. The molecule has 1 aliphatic rings. The third kappa shape index (κ3) is 3.52. The molecule has 1 atom stereocenters. The second kappa shape index (κ2) is 5.06. The molecule has 1 fully saturated rings. The van der Waals surface area contributed by atoms with Gasteiger partial charge in [-0.25, -0.2) is 9.59 Å². The van der Waals surface area contributed by atoms with Crippen molar-refractivity contribution in [1.82, 2.24) is 5.32 Å². The van der Waals surface area contributed by atoms with E-state index in [-0.39, 0.29) is 18.8 Å². The molecule has 7 nitrogen and oxygen atoms in total. The minimum Gasteiger partial charge on any atom is -0.478 e. The van der Waals surface area contributed by atoms with Crippen molar-refractivity contribution in [1.29, 1.82) is 0 Å². The maximum absolute atomic E-state index is 11.1. The molecule has 0 spiro atoms. The normalized spacial score (nSPS) is 19.9. The van der Waals surface area contributed by atoms with Crippen LogP contribution in [0.3, 0.4) is 0 Å². The fourth-order valence-electron chi connectivity index (χ4n) is 1.09. The quantitative estimate of drug-likeness (QED) is 0.348. The van der Waals surface area contributed by atoms with E-state index in [1.165, 1.54) is 0 Å². The van der Waals surface area contributed by atoms with E-state index in [4.69, 9.17) is 5.11 Å². The number of ketones is 1. The van der Waals surface area contributed by atoms with Gasteiger partial charge in [0.05, 0.1) is 6.42 Å². The zero-order valence-corrected chi connectivity index (χ0v) is 8.13. The first-order valence-corrected chi connectivity index (χ1v) is 4.39. The van der Waals surface area contributed by atoms with Gasteiger partial charge >= 0.3 is 11.9 Å². The monoisotopic (exact) mass is 227 g/mol. The third-order valence-corrected chi connectivity index (χ3v) is 1.81. The number of rotatable bonds is 4. The Morgan fingerprint density at radius 3 is 2.62 bits per heavy atom. The van der Waals surface area contributed by atoms with Crippen LogP contribution in [-0.4, -0.2) is 41.4 Å². The van der Waals surface area contributed by atoms with Crippen LogP contribution in [0.2, 0.25) is 0 Å². The van der Waals surface area contributed by atoms with Crippen molar-refractivity contribution in [3.63, 3.8) is 0 Å². The Kier molecular flexibility index (Phi) is 3.76. The van der Waals surface area contributed by atoms with Gasteiger partial charge in [0.15, 0.2) is 5.78 Å². The fourth-order valence-corrected chi connectivity index (χ4v) is 1.09. The van der Waals surface area contributed by atoms with Gasteiger partial charge in [0.1, 0.15) is 12.6 Å². The summed E-state index contributed by atoms with van der Waals surface area (Å²) in [6.07, 6.45) is 1.13. The van der Waals surface area contributed by atoms with Crippen molar-refractivity contribution in [2.45, 2.75) is 12.5 Å². The highest BCUT2D eigenvalue weighted by Gasteiger charge is 2.30. The number of amides is 1. The van der Waals surface area contributed by atoms with Crippen molar-refractivity contribution in [3.05, 3.63) is 12.2 Å².